The van der Waals surface area contributed by atoms with E-state index in [1.54, 1.807) is 7.11 Å². The summed E-state index contributed by atoms with van der Waals surface area (Å²) in [5.41, 5.74) is 6.79. The van der Waals surface area contributed by atoms with Crippen molar-refractivity contribution in [3.8, 4) is 11.5 Å². The zero-order valence-electron chi connectivity index (χ0n) is 8.91. The Bertz CT molecular complexity index is 297. The van der Waals surface area contributed by atoms with Crippen molar-refractivity contribution in [3.63, 3.8) is 0 Å². The number of para-hydroxylation sites is 1. The fourth-order valence-electron chi connectivity index (χ4n) is 1.38. The molecule has 0 bridgehead atoms. The molecule has 0 aliphatic carbocycles. The molecule has 78 valence electrons. The second-order valence-corrected chi connectivity index (χ2v) is 3.10. The fraction of sp³-hybridized carbons (Fsp3) is 0.455. The van der Waals surface area contributed by atoms with Crippen LogP contribution in [0.1, 0.15) is 25.5 Å². The number of rotatable bonds is 4. The molecule has 0 heterocycles. The van der Waals surface area contributed by atoms with E-state index in [2.05, 4.69) is 0 Å². The molecular formula is C11H17NO2. The Morgan fingerprint density at radius 2 is 2.14 bits per heavy atom. The lowest BCUT2D eigenvalue weighted by atomic mass is 10.1. The minimum absolute atomic E-state index is 0.0506. The van der Waals surface area contributed by atoms with Gasteiger partial charge < -0.3 is 15.2 Å². The van der Waals surface area contributed by atoms with E-state index in [1.165, 1.54) is 0 Å². The molecule has 1 atom stereocenters. The molecule has 1 aromatic rings. The van der Waals surface area contributed by atoms with Gasteiger partial charge in [0, 0.05) is 11.6 Å². The molecule has 14 heavy (non-hydrogen) atoms. The van der Waals surface area contributed by atoms with Crippen LogP contribution in [-0.2, 0) is 0 Å². The predicted molar refractivity (Wildman–Crippen MR) is 56.8 cm³/mol. The van der Waals surface area contributed by atoms with Crippen molar-refractivity contribution in [3.05, 3.63) is 23.8 Å². The van der Waals surface area contributed by atoms with E-state index in [0.29, 0.717) is 6.61 Å². The van der Waals surface area contributed by atoms with Crippen molar-refractivity contribution in [2.75, 3.05) is 13.7 Å². The van der Waals surface area contributed by atoms with Gasteiger partial charge >= 0.3 is 0 Å². The van der Waals surface area contributed by atoms with Crippen LogP contribution >= 0.6 is 0 Å². The summed E-state index contributed by atoms with van der Waals surface area (Å²) in [6.45, 7) is 4.49. The van der Waals surface area contributed by atoms with Crippen LogP contribution in [0.4, 0.5) is 0 Å². The summed E-state index contributed by atoms with van der Waals surface area (Å²) in [4.78, 5) is 0. The molecule has 1 rings (SSSR count). The summed E-state index contributed by atoms with van der Waals surface area (Å²) >= 11 is 0. The Kier molecular flexibility index (Phi) is 3.77. The van der Waals surface area contributed by atoms with E-state index in [4.69, 9.17) is 15.2 Å². The van der Waals surface area contributed by atoms with E-state index in [-0.39, 0.29) is 6.04 Å². The third kappa shape index (κ3) is 2.17. The summed E-state index contributed by atoms with van der Waals surface area (Å²) in [7, 11) is 1.63. The van der Waals surface area contributed by atoms with Gasteiger partial charge in [-0.1, -0.05) is 12.1 Å². The number of ether oxygens (including phenoxy) is 2. The smallest absolute Gasteiger partial charge is 0.165 e. The van der Waals surface area contributed by atoms with Crippen molar-refractivity contribution in [2.24, 2.45) is 5.73 Å². The molecule has 1 aromatic carbocycles. The van der Waals surface area contributed by atoms with Crippen LogP contribution in [0.5, 0.6) is 11.5 Å². The Labute approximate surface area is 84.8 Å². The Hall–Kier alpha value is -1.22. The average Bonchev–Trinajstić information content (AvgIpc) is 2.18. The molecule has 3 nitrogen and oxygen atoms in total. The highest BCUT2D eigenvalue weighted by molar-refractivity contribution is 5.47. The zero-order valence-corrected chi connectivity index (χ0v) is 8.91. The first kappa shape index (κ1) is 10.9. The highest BCUT2D eigenvalue weighted by Crippen LogP contribution is 2.33. The third-order valence-corrected chi connectivity index (χ3v) is 2.00. The summed E-state index contributed by atoms with van der Waals surface area (Å²) in [5.74, 6) is 1.49. The quantitative estimate of drug-likeness (QED) is 0.800. The van der Waals surface area contributed by atoms with Crippen LogP contribution < -0.4 is 15.2 Å². The lowest BCUT2D eigenvalue weighted by Crippen LogP contribution is -2.08. The summed E-state index contributed by atoms with van der Waals surface area (Å²) in [5, 5.41) is 0. The highest BCUT2D eigenvalue weighted by Gasteiger charge is 2.12. The summed E-state index contributed by atoms with van der Waals surface area (Å²) in [6, 6.07) is 5.71. The second kappa shape index (κ2) is 4.86. The van der Waals surface area contributed by atoms with Gasteiger partial charge in [0.2, 0.25) is 0 Å². The van der Waals surface area contributed by atoms with Crippen LogP contribution in [0, 0.1) is 0 Å². The maximum Gasteiger partial charge on any atom is 0.165 e. The molecule has 0 saturated heterocycles. The van der Waals surface area contributed by atoms with Gasteiger partial charge in [-0.05, 0) is 19.9 Å². The second-order valence-electron chi connectivity index (χ2n) is 3.10. The van der Waals surface area contributed by atoms with E-state index < -0.39 is 0 Å². The topological polar surface area (TPSA) is 44.5 Å². The van der Waals surface area contributed by atoms with Gasteiger partial charge in [0.05, 0.1) is 13.7 Å². The third-order valence-electron chi connectivity index (χ3n) is 2.00. The van der Waals surface area contributed by atoms with E-state index >= 15 is 0 Å². The molecule has 0 radical (unpaired) electrons. The van der Waals surface area contributed by atoms with Gasteiger partial charge in [0.15, 0.2) is 11.5 Å². The first-order valence-electron chi connectivity index (χ1n) is 4.76. The van der Waals surface area contributed by atoms with Crippen molar-refractivity contribution in [1.29, 1.82) is 0 Å². The molecule has 0 aliphatic rings. The maximum atomic E-state index is 5.82. The fourth-order valence-corrected chi connectivity index (χ4v) is 1.38. The van der Waals surface area contributed by atoms with Crippen LogP contribution in [0.25, 0.3) is 0 Å². The zero-order chi connectivity index (χ0) is 10.6. The molecule has 3 heteroatoms. The molecule has 0 fully saturated rings. The number of benzene rings is 1. The SMILES string of the molecule is CCOc1cccc(C(C)N)c1OC. The van der Waals surface area contributed by atoms with Crippen LogP contribution in [0.2, 0.25) is 0 Å². The number of hydrogen-bond donors (Lipinski definition) is 1. The lowest BCUT2D eigenvalue weighted by molar-refractivity contribution is 0.308. The first-order valence-corrected chi connectivity index (χ1v) is 4.76. The van der Waals surface area contributed by atoms with Gasteiger partial charge in [-0.3, -0.25) is 0 Å². The molecular weight excluding hydrogens is 178 g/mol. The van der Waals surface area contributed by atoms with E-state index in [0.717, 1.165) is 17.1 Å². The summed E-state index contributed by atoms with van der Waals surface area (Å²) in [6.07, 6.45) is 0. The van der Waals surface area contributed by atoms with E-state index in [1.807, 2.05) is 32.0 Å². The molecule has 0 amide bonds. The minimum Gasteiger partial charge on any atom is -0.493 e. The van der Waals surface area contributed by atoms with Crippen LogP contribution in [0.15, 0.2) is 18.2 Å². The van der Waals surface area contributed by atoms with Crippen molar-refractivity contribution in [1.82, 2.24) is 0 Å². The lowest BCUT2D eigenvalue weighted by Gasteiger charge is -2.15. The van der Waals surface area contributed by atoms with Crippen LogP contribution in [0.3, 0.4) is 0 Å². The molecule has 0 aromatic heterocycles. The van der Waals surface area contributed by atoms with Gasteiger partial charge in [-0.15, -0.1) is 0 Å². The largest absolute Gasteiger partial charge is 0.493 e. The Balaban J connectivity index is 3.11. The predicted octanol–water partition coefficient (Wildman–Crippen LogP) is 2.11. The van der Waals surface area contributed by atoms with Crippen molar-refractivity contribution >= 4 is 0 Å². The average molecular weight is 195 g/mol. The maximum absolute atomic E-state index is 5.82. The van der Waals surface area contributed by atoms with Crippen molar-refractivity contribution < 1.29 is 9.47 Å². The molecule has 2 N–H and O–H groups in total. The van der Waals surface area contributed by atoms with Crippen molar-refractivity contribution in [2.45, 2.75) is 19.9 Å². The summed E-state index contributed by atoms with van der Waals surface area (Å²) < 4.78 is 10.7. The Morgan fingerprint density at radius 3 is 2.64 bits per heavy atom. The Morgan fingerprint density at radius 1 is 1.43 bits per heavy atom. The van der Waals surface area contributed by atoms with Gasteiger partial charge in [0.25, 0.3) is 0 Å². The number of nitrogens with two attached hydrogens (primary N) is 1. The molecule has 0 spiro atoms. The molecule has 0 aliphatic heterocycles. The van der Waals surface area contributed by atoms with E-state index in [9.17, 15) is 0 Å². The normalized spacial score (nSPS) is 12.3. The molecule has 0 saturated carbocycles. The van der Waals surface area contributed by atoms with Crippen LogP contribution in [-0.4, -0.2) is 13.7 Å². The number of methoxy groups -OCH3 is 1. The highest BCUT2D eigenvalue weighted by atomic mass is 16.5. The molecule has 1 unspecified atom stereocenters. The monoisotopic (exact) mass is 195 g/mol. The minimum atomic E-state index is -0.0506. The first-order chi connectivity index (χ1) is 6.70. The van der Waals surface area contributed by atoms with Gasteiger partial charge in [-0.2, -0.15) is 0 Å². The number of hydrogen-bond acceptors (Lipinski definition) is 3. The van der Waals surface area contributed by atoms with Gasteiger partial charge in [0.1, 0.15) is 0 Å². The van der Waals surface area contributed by atoms with Gasteiger partial charge in [-0.25, -0.2) is 0 Å². The standard InChI is InChI=1S/C11H17NO2/c1-4-14-10-7-5-6-9(8(2)12)11(10)13-3/h5-8H,4,12H2,1-3H3.